The molecule has 0 heterocycles. The largest absolute Gasteiger partial charge is 0.380 e. The van der Waals surface area contributed by atoms with E-state index in [-0.39, 0.29) is 22.8 Å². The molecule has 1 aliphatic carbocycles. The minimum Gasteiger partial charge on any atom is -0.380 e. The molecule has 0 unspecified atom stereocenters. The van der Waals surface area contributed by atoms with Gasteiger partial charge in [-0.1, -0.05) is 129 Å². The second kappa shape index (κ2) is 23.9. The third kappa shape index (κ3) is 16.1. The number of nitrogens with one attached hydrogen (secondary N) is 4. The molecule has 0 aliphatic heterocycles. The molecule has 0 radical (unpaired) electrons. The lowest BCUT2D eigenvalue weighted by atomic mass is 9.98. The van der Waals surface area contributed by atoms with Crippen LogP contribution in [0.3, 0.4) is 0 Å². The van der Waals surface area contributed by atoms with E-state index in [1.54, 1.807) is 0 Å². The van der Waals surface area contributed by atoms with Gasteiger partial charge in [0.1, 0.15) is 22.8 Å². The smallest absolute Gasteiger partial charge is 0.229 e. The van der Waals surface area contributed by atoms with Crippen molar-refractivity contribution in [1.82, 2.24) is 21.3 Å². The molecule has 0 aromatic rings. The first-order valence-electron chi connectivity index (χ1n) is 16.9. The Morgan fingerprint density at radius 1 is 0.429 bits per heavy atom. The molecule has 0 atom stereocenters. The Labute approximate surface area is 255 Å². The van der Waals surface area contributed by atoms with Crippen LogP contribution >= 0.6 is 0 Å². The summed E-state index contributed by atoms with van der Waals surface area (Å²) >= 11 is 0. The Morgan fingerprint density at radius 2 is 0.690 bits per heavy atom. The topological polar surface area (TPSA) is 116 Å². The van der Waals surface area contributed by atoms with Gasteiger partial charge < -0.3 is 21.3 Å². The van der Waals surface area contributed by atoms with Gasteiger partial charge in [-0.3, -0.25) is 19.2 Å². The minimum absolute atomic E-state index is 0.0411. The van der Waals surface area contributed by atoms with Crippen molar-refractivity contribution in [1.29, 1.82) is 0 Å². The van der Waals surface area contributed by atoms with E-state index in [1.807, 2.05) is 0 Å². The molecule has 0 fully saturated rings. The number of hydrogen-bond acceptors (Lipinski definition) is 6. The number of carbonyl (C=O) groups is 4. The maximum absolute atomic E-state index is 13.5. The summed E-state index contributed by atoms with van der Waals surface area (Å²) in [6, 6.07) is 0. The maximum Gasteiger partial charge on any atom is 0.229 e. The fourth-order valence-electron chi connectivity index (χ4n) is 5.28. The first-order chi connectivity index (χ1) is 20.3. The van der Waals surface area contributed by atoms with Crippen LogP contribution in [0.25, 0.3) is 0 Å². The van der Waals surface area contributed by atoms with Crippen LogP contribution in [0.15, 0.2) is 22.8 Å². The summed E-state index contributed by atoms with van der Waals surface area (Å²) in [5.74, 6) is -1.85. The van der Waals surface area contributed by atoms with E-state index in [1.165, 1.54) is 104 Å². The predicted octanol–water partition coefficient (Wildman–Crippen LogP) is 6.85. The highest BCUT2D eigenvalue weighted by atomic mass is 16.2. The summed E-state index contributed by atoms with van der Waals surface area (Å²) in [6.45, 7) is 8.09. The summed E-state index contributed by atoms with van der Waals surface area (Å²) < 4.78 is 0. The summed E-state index contributed by atoms with van der Waals surface area (Å²) in [5, 5.41) is 11.3. The molecule has 1 rings (SSSR count). The number of Topliss-reactive ketones (excluding diaryl/α,β-unsaturated/α-hetero) is 2. The molecular formula is C34H60N4O4. The van der Waals surface area contributed by atoms with Crippen molar-refractivity contribution in [2.45, 2.75) is 156 Å². The van der Waals surface area contributed by atoms with Gasteiger partial charge in [-0.15, -0.1) is 0 Å². The van der Waals surface area contributed by atoms with Crippen molar-refractivity contribution in [3.63, 3.8) is 0 Å². The molecule has 8 nitrogen and oxygen atoms in total. The fraction of sp³-hybridized carbons (Fsp3) is 0.765. The quantitative estimate of drug-likeness (QED) is 0.0648. The number of amides is 2. The highest BCUT2D eigenvalue weighted by Crippen LogP contribution is 2.20. The number of carbonyl (C=O) groups excluding carboxylic acids is 4. The Kier molecular flexibility index (Phi) is 21.2. The fourth-order valence-corrected chi connectivity index (χ4v) is 5.28. The van der Waals surface area contributed by atoms with E-state index in [9.17, 15) is 19.2 Å². The third-order valence-corrected chi connectivity index (χ3v) is 7.67. The van der Waals surface area contributed by atoms with Crippen LogP contribution in [-0.2, 0) is 19.2 Å². The molecule has 0 saturated heterocycles. The molecule has 4 N–H and O–H groups in total. The zero-order chi connectivity index (χ0) is 31.0. The van der Waals surface area contributed by atoms with Crippen LogP contribution in [0.2, 0.25) is 0 Å². The number of rotatable bonds is 26. The number of unbranched alkanes of at least 4 members (excludes halogenated alkanes) is 18. The number of hydrogen-bond donors (Lipinski definition) is 4. The van der Waals surface area contributed by atoms with Crippen molar-refractivity contribution in [2.24, 2.45) is 0 Å². The second-order valence-electron chi connectivity index (χ2n) is 11.7. The summed E-state index contributed by atoms with van der Waals surface area (Å²) in [7, 11) is 0. The van der Waals surface area contributed by atoms with Crippen LogP contribution in [0, 0.1) is 0 Å². The molecule has 0 saturated carbocycles. The molecule has 42 heavy (non-hydrogen) atoms. The van der Waals surface area contributed by atoms with Crippen LogP contribution in [0.1, 0.15) is 156 Å². The average molecular weight is 589 g/mol. The summed E-state index contributed by atoms with van der Waals surface area (Å²) in [6.07, 6.45) is 23.9. The summed E-state index contributed by atoms with van der Waals surface area (Å²) in [5.41, 5.74) is -0.0303. The Hall–Kier alpha value is -2.64. The monoisotopic (exact) mass is 588 g/mol. The molecular weight excluding hydrogens is 528 g/mol. The summed E-state index contributed by atoms with van der Waals surface area (Å²) in [4.78, 5) is 50.9. The van der Waals surface area contributed by atoms with Crippen LogP contribution in [-0.4, -0.2) is 36.5 Å². The van der Waals surface area contributed by atoms with Gasteiger partial charge in [-0.2, -0.15) is 0 Å². The molecule has 0 spiro atoms. The van der Waals surface area contributed by atoms with E-state index in [4.69, 9.17) is 0 Å². The molecule has 240 valence electrons. The zero-order valence-electron chi connectivity index (χ0n) is 27.2. The zero-order valence-corrected chi connectivity index (χ0v) is 27.2. The third-order valence-electron chi connectivity index (χ3n) is 7.67. The normalized spacial score (nSPS) is 13.5. The Morgan fingerprint density at radius 3 is 0.952 bits per heavy atom. The van der Waals surface area contributed by atoms with Gasteiger partial charge in [0.25, 0.3) is 0 Å². The highest BCUT2D eigenvalue weighted by molar-refractivity contribution is 6.25. The SMILES string of the molecule is CCCCCCCCCCCCNC1=C(NC(C)=O)C(=O)C(NCCCCCCCCCCCC)=C(NC(C)=O)C1=O. The van der Waals surface area contributed by atoms with Gasteiger partial charge in [-0.05, 0) is 12.8 Å². The van der Waals surface area contributed by atoms with Gasteiger partial charge in [0.15, 0.2) is 0 Å². The van der Waals surface area contributed by atoms with E-state index < -0.39 is 23.4 Å². The van der Waals surface area contributed by atoms with Crippen molar-refractivity contribution < 1.29 is 19.2 Å². The van der Waals surface area contributed by atoms with E-state index in [0.717, 1.165) is 38.5 Å². The molecule has 0 aromatic heterocycles. The maximum atomic E-state index is 13.5. The average Bonchev–Trinajstić information content (AvgIpc) is 2.95. The van der Waals surface area contributed by atoms with Crippen LogP contribution in [0.5, 0.6) is 0 Å². The number of ketones is 2. The van der Waals surface area contributed by atoms with Crippen LogP contribution < -0.4 is 21.3 Å². The van der Waals surface area contributed by atoms with Crippen molar-refractivity contribution in [3.05, 3.63) is 22.8 Å². The van der Waals surface area contributed by atoms with Gasteiger partial charge in [0.2, 0.25) is 23.4 Å². The van der Waals surface area contributed by atoms with Gasteiger partial charge in [-0.25, -0.2) is 0 Å². The van der Waals surface area contributed by atoms with Gasteiger partial charge >= 0.3 is 0 Å². The first-order valence-corrected chi connectivity index (χ1v) is 16.9. The molecule has 0 aromatic carbocycles. The minimum atomic E-state index is -0.494. The molecule has 8 heteroatoms. The Bertz CT molecular complexity index is 822. The first kappa shape index (κ1) is 37.4. The van der Waals surface area contributed by atoms with Crippen molar-refractivity contribution >= 4 is 23.4 Å². The Balaban J connectivity index is 2.64. The predicted molar refractivity (Wildman–Crippen MR) is 171 cm³/mol. The van der Waals surface area contributed by atoms with E-state index >= 15 is 0 Å². The van der Waals surface area contributed by atoms with Crippen LogP contribution in [0.4, 0.5) is 0 Å². The van der Waals surface area contributed by atoms with E-state index in [2.05, 4.69) is 35.1 Å². The molecule has 0 bridgehead atoms. The highest BCUT2D eigenvalue weighted by Gasteiger charge is 2.36. The molecule has 2 amide bonds. The molecule has 1 aliphatic rings. The lowest BCUT2D eigenvalue weighted by molar-refractivity contribution is -0.123. The lowest BCUT2D eigenvalue weighted by Gasteiger charge is -2.25. The van der Waals surface area contributed by atoms with Crippen molar-refractivity contribution in [3.8, 4) is 0 Å². The second-order valence-corrected chi connectivity index (χ2v) is 11.7. The lowest BCUT2D eigenvalue weighted by Crippen LogP contribution is -2.45. The van der Waals surface area contributed by atoms with Gasteiger partial charge in [0, 0.05) is 26.9 Å². The van der Waals surface area contributed by atoms with Crippen molar-refractivity contribution in [2.75, 3.05) is 13.1 Å². The van der Waals surface area contributed by atoms with E-state index in [0.29, 0.717) is 13.1 Å². The van der Waals surface area contributed by atoms with Gasteiger partial charge in [0.05, 0.1) is 0 Å². The standard InChI is InChI=1S/C34H60N4O4/c1-5-7-9-11-13-15-17-19-21-23-25-35-29-31(37-27(3)39)34(42)30(32(33(29)41)38-28(4)40)36-26-24-22-20-18-16-14-12-10-8-6-2/h35-36H,5-26H2,1-4H3,(H,37,39)(H,38,40).